The molecule has 5 heteroatoms. The first-order valence-corrected chi connectivity index (χ1v) is 7.88. The highest BCUT2D eigenvalue weighted by Crippen LogP contribution is 2.29. The van der Waals surface area contributed by atoms with Crippen LogP contribution in [0.1, 0.15) is 13.8 Å². The third kappa shape index (κ3) is 2.81. The summed E-state index contributed by atoms with van der Waals surface area (Å²) in [6, 6.07) is 7.70. The Morgan fingerprint density at radius 1 is 1.14 bits per heavy atom. The van der Waals surface area contributed by atoms with Crippen molar-refractivity contribution in [3.63, 3.8) is 0 Å². The smallest absolute Gasteiger partial charge is 0.338 e. The van der Waals surface area contributed by atoms with Gasteiger partial charge < -0.3 is 19.0 Å². The van der Waals surface area contributed by atoms with Crippen molar-refractivity contribution in [1.29, 1.82) is 0 Å². The second kappa shape index (κ2) is 6.40. The fraction of sp³-hybridized carbons (Fsp3) is 0.471. The highest BCUT2D eigenvalue weighted by atomic mass is 16.5. The van der Waals surface area contributed by atoms with Crippen LogP contribution >= 0.6 is 0 Å². The Bertz CT molecular complexity index is 701. The second-order valence-electron chi connectivity index (χ2n) is 5.40. The Hall–Kier alpha value is -2.01. The lowest BCUT2D eigenvalue weighted by Crippen LogP contribution is -2.36. The zero-order valence-corrected chi connectivity index (χ0v) is 13.2. The monoisotopic (exact) mass is 302 g/mol. The molecule has 5 nitrogen and oxygen atoms in total. The normalized spacial score (nSPS) is 15.3. The van der Waals surface area contributed by atoms with Gasteiger partial charge in [0.25, 0.3) is 0 Å². The predicted octanol–water partition coefficient (Wildman–Crippen LogP) is 2.48. The van der Waals surface area contributed by atoms with Crippen molar-refractivity contribution in [2.75, 3.05) is 49.2 Å². The first kappa shape index (κ1) is 14.9. The van der Waals surface area contributed by atoms with Gasteiger partial charge in [0.15, 0.2) is 0 Å². The van der Waals surface area contributed by atoms with E-state index in [1.807, 2.05) is 6.07 Å². The Labute approximate surface area is 130 Å². The SMILES string of the molecule is CCN(CC)c1ccc2c(N3CCOCC3)cc(=O)oc2c1. The fourth-order valence-electron chi connectivity index (χ4n) is 2.99. The topological polar surface area (TPSA) is 45.9 Å². The van der Waals surface area contributed by atoms with Gasteiger partial charge in [0, 0.05) is 49.4 Å². The van der Waals surface area contributed by atoms with E-state index in [1.54, 1.807) is 6.07 Å². The molecule has 1 aliphatic rings. The molecule has 2 aromatic rings. The van der Waals surface area contributed by atoms with Crippen LogP contribution in [0.4, 0.5) is 11.4 Å². The molecule has 1 aromatic carbocycles. The first-order valence-electron chi connectivity index (χ1n) is 7.88. The molecule has 0 saturated carbocycles. The van der Waals surface area contributed by atoms with Gasteiger partial charge in [0.2, 0.25) is 0 Å². The molecule has 118 valence electrons. The molecule has 0 radical (unpaired) electrons. The molecule has 0 spiro atoms. The maximum Gasteiger partial charge on any atom is 0.338 e. The minimum Gasteiger partial charge on any atom is -0.423 e. The number of ether oxygens (including phenoxy) is 1. The number of anilines is 2. The van der Waals surface area contributed by atoms with Crippen LogP contribution in [-0.2, 0) is 4.74 Å². The number of benzene rings is 1. The van der Waals surface area contributed by atoms with Crippen LogP contribution in [0.3, 0.4) is 0 Å². The summed E-state index contributed by atoms with van der Waals surface area (Å²) in [5.74, 6) is 0. The highest BCUT2D eigenvalue weighted by Gasteiger charge is 2.16. The third-order valence-corrected chi connectivity index (χ3v) is 4.19. The van der Waals surface area contributed by atoms with Gasteiger partial charge in [-0.2, -0.15) is 0 Å². The van der Waals surface area contributed by atoms with Crippen molar-refractivity contribution in [2.45, 2.75) is 13.8 Å². The third-order valence-electron chi connectivity index (χ3n) is 4.19. The predicted molar refractivity (Wildman–Crippen MR) is 89.1 cm³/mol. The van der Waals surface area contributed by atoms with Crippen LogP contribution in [0.15, 0.2) is 33.5 Å². The average Bonchev–Trinajstić information content (AvgIpc) is 2.55. The quantitative estimate of drug-likeness (QED) is 0.812. The van der Waals surface area contributed by atoms with Gasteiger partial charge in [-0.25, -0.2) is 4.79 Å². The number of fused-ring (bicyclic) bond motifs is 1. The summed E-state index contributed by atoms with van der Waals surface area (Å²) >= 11 is 0. The van der Waals surface area contributed by atoms with Crippen LogP contribution in [0, 0.1) is 0 Å². The molecule has 1 aliphatic heterocycles. The molecule has 0 bridgehead atoms. The molecule has 0 unspecified atom stereocenters. The van der Waals surface area contributed by atoms with Gasteiger partial charge in [0.05, 0.1) is 18.9 Å². The van der Waals surface area contributed by atoms with Gasteiger partial charge in [-0.15, -0.1) is 0 Å². The van der Waals surface area contributed by atoms with Gasteiger partial charge in [-0.1, -0.05) is 0 Å². The molecule has 0 N–H and O–H groups in total. The molecule has 1 fully saturated rings. The molecule has 0 aliphatic carbocycles. The van der Waals surface area contributed by atoms with Crippen molar-refractivity contribution >= 4 is 22.3 Å². The van der Waals surface area contributed by atoms with Crippen LogP contribution < -0.4 is 15.4 Å². The van der Waals surface area contributed by atoms with E-state index >= 15 is 0 Å². The van der Waals surface area contributed by atoms with Crippen molar-refractivity contribution < 1.29 is 9.15 Å². The Balaban J connectivity index is 2.08. The van der Waals surface area contributed by atoms with E-state index in [1.165, 1.54) is 0 Å². The molecule has 3 rings (SSSR count). The summed E-state index contributed by atoms with van der Waals surface area (Å²) in [4.78, 5) is 16.4. The van der Waals surface area contributed by atoms with E-state index in [-0.39, 0.29) is 5.63 Å². The van der Waals surface area contributed by atoms with E-state index in [0.717, 1.165) is 42.9 Å². The molecule has 1 aromatic heterocycles. The highest BCUT2D eigenvalue weighted by molar-refractivity contribution is 5.92. The van der Waals surface area contributed by atoms with Crippen LogP contribution in [0.5, 0.6) is 0 Å². The van der Waals surface area contributed by atoms with Crippen LogP contribution in [0.2, 0.25) is 0 Å². The second-order valence-corrected chi connectivity index (χ2v) is 5.40. The summed E-state index contributed by atoms with van der Waals surface area (Å²) < 4.78 is 10.8. The first-order chi connectivity index (χ1) is 10.7. The molecule has 0 atom stereocenters. The lowest BCUT2D eigenvalue weighted by atomic mass is 10.1. The Morgan fingerprint density at radius 3 is 2.55 bits per heavy atom. The summed E-state index contributed by atoms with van der Waals surface area (Å²) in [7, 11) is 0. The number of nitrogens with zero attached hydrogens (tertiary/aromatic N) is 2. The number of rotatable bonds is 4. The summed E-state index contributed by atoms with van der Waals surface area (Å²) in [6.07, 6.45) is 0. The molecule has 2 heterocycles. The van der Waals surface area contributed by atoms with Crippen LogP contribution in [-0.4, -0.2) is 39.4 Å². The van der Waals surface area contributed by atoms with E-state index in [0.29, 0.717) is 18.8 Å². The minimum atomic E-state index is -0.300. The zero-order chi connectivity index (χ0) is 15.5. The molecule has 22 heavy (non-hydrogen) atoms. The van der Waals surface area contributed by atoms with Crippen molar-refractivity contribution in [3.8, 4) is 0 Å². The van der Waals surface area contributed by atoms with Crippen LogP contribution in [0.25, 0.3) is 11.0 Å². The van der Waals surface area contributed by atoms with Crippen molar-refractivity contribution in [2.24, 2.45) is 0 Å². The van der Waals surface area contributed by atoms with E-state index in [2.05, 4.69) is 35.8 Å². The number of hydrogen-bond donors (Lipinski definition) is 0. The molecule has 1 saturated heterocycles. The fourth-order valence-corrected chi connectivity index (χ4v) is 2.99. The average molecular weight is 302 g/mol. The largest absolute Gasteiger partial charge is 0.423 e. The number of morpholine rings is 1. The maximum atomic E-state index is 11.9. The van der Waals surface area contributed by atoms with Crippen molar-refractivity contribution in [1.82, 2.24) is 0 Å². The van der Waals surface area contributed by atoms with E-state index in [4.69, 9.17) is 9.15 Å². The van der Waals surface area contributed by atoms with Crippen molar-refractivity contribution in [3.05, 3.63) is 34.7 Å². The van der Waals surface area contributed by atoms with Gasteiger partial charge in [-0.05, 0) is 26.0 Å². The lowest BCUT2D eigenvalue weighted by molar-refractivity contribution is 0.123. The zero-order valence-electron chi connectivity index (χ0n) is 13.2. The van der Waals surface area contributed by atoms with E-state index < -0.39 is 0 Å². The molecule has 0 amide bonds. The van der Waals surface area contributed by atoms with Gasteiger partial charge in [0.1, 0.15) is 5.58 Å². The van der Waals surface area contributed by atoms with E-state index in [9.17, 15) is 4.79 Å². The Morgan fingerprint density at radius 2 is 1.86 bits per heavy atom. The maximum absolute atomic E-state index is 11.9. The minimum absolute atomic E-state index is 0.300. The summed E-state index contributed by atoms with van der Waals surface area (Å²) in [6.45, 7) is 9.08. The molecular weight excluding hydrogens is 280 g/mol. The summed E-state index contributed by atoms with van der Waals surface area (Å²) in [5, 5.41) is 0.984. The summed E-state index contributed by atoms with van der Waals surface area (Å²) in [5.41, 5.74) is 2.38. The van der Waals surface area contributed by atoms with Gasteiger partial charge in [-0.3, -0.25) is 0 Å². The lowest BCUT2D eigenvalue weighted by Gasteiger charge is -2.29. The Kier molecular flexibility index (Phi) is 4.34. The number of hydrogen-bond acceptors (Lipinski definition) is 5. The van der Waals surface area contributed by atoms with Gasteiger partial charge >= 0.3 is 5.63 Å². The molecular formula is C17H22N2O3. The standard InChI is InChI=1S/C17H22N2O3/c1-3-18(4-2)13-5-6-14-15(19-7-9-21-10-8-19)12-17(20)22-16(14)11-13/h5-6,11-12H,3-4,7-10H2,1-2H3.